The lowest BCUT2D eigenvalue weighted by molar-refractivity contribution is -0.140. The second-order valence-corrected chi connectivity index (χ2v) is 7.65. The third-order valence-corrected chi connectivity index (χ3v) is 5.53. The molecule has 1 unspecified atom stereocenters. The van der Waals surface area contributed by atoms with Gasteiger partial charge in [0.25, 0.3) is 11.7 Å². The molecule has 2 aromatic rings. The van der Waals surface area contributed by atoms with Gasteiger partial charge in [-0.1, -0.05) is 23.8 Å². The van der Waals surface area contributed by atoms with Gasteiger partial charge in [-0.05, 0) is 50.1 Å². The van der Waals surface area contributed by atoms with Crippen LogP contribution in [-0.4, -0.2) is 55.7 Å². The first kappa shape index (κ1) is 23.3. The molecule has 0 bridgehead atoms. The Balaban J connectivity index is 2.22. The Morgan fingerprint density at radius 2 is 1.81 bits per heavy atom. The van der Waals surface area contributed by atoms with Crippen LogP contribution >= 0.6 is 0 Å². The molecule has 0 aliphatic carbocycles. The molecule has 2 aromatic carbocycles. The van der Waals surface area contributed by atoms with E-state index in [0.29, 0.717) is 29.2 Å². The van der Waals surface area contributed by atoms with Crippen LogP contribution in [0.2, 0.25) is 0 Å². The molecule has 1 fully saturated rings. The van der Waals surface area contributed by atoms with Crippen LogP contribution in [0.25, 0.3) is 5.76 Å². The molecule has 170 valence electrons. The third-order valence-electron chi connectivity index (χ3n) is 5.53. The van der Waals surface area contributed by atoms with Gasteiger partial charge in [-0.3, -0.25) is 9.59 Å². The summed E-state index contributed by atoms with van der Waals surface area (Å²) in [6.07, 6.45) is 0. The fourth-order valence-corrected chi connectivity index (χ4v) is 3.91. The van der Waals surface area contributed by atoms with Gasteiger partial charge >= 0.3 is 0 Å². The molecule has 0 radical (unpaired) electrons. The fourth-order valence-electron chi connectivity index (χ4n) is 3.91. The van der Waals surface area contributed by atoms with E-state index in [1.54, 1.807) is 18.2 Å². The number of nitrogens with zero attached hydrogens (tertiary/aromatic N) is 1. The number of benzene rings is 2. The molecule has 1 saturated heterocycles. The number of hydrogen-bond donors (Lipinski definition) is 1. The lowest BCUT2D eigenvalue weighted by Crippen LogP contribution is -2.32. The first-order chi connectivity index (χ1) is 15.3. The van der Waals surface area contributed by atoms with E-state index in [0.717, 1.165) is 11.1 Å². The highest BCUT2D eigenvalue weighted by molar-refractivity contribution is 6.46. The summed E-state index contributed by atoms with van der Waals surface area (Å²) in [5.41, 5.74) is 2.94. The van der Waals surface area contributed by atoms with Crippen LogP contribution in [0.3, 0.4) is 0 Å². The minimum absolute atomic E-state index is 0.0472. The maximum absolute atomic E-state index is 13.1. The molecule has 1 amide bonds. The molecular weight excluding hydrogens is 410 g/mol. The average molecular weight is 440 g/mol. The van der Waals surface area contributed by atoms with Gasteiger partial charge in [0.15, 0.2) is 11.5 Å². The van der Waals surface area contributed by atoms with E-state index in [-0.39, 0.29) is 24.5 Å². The van der Waals surface area contributed by atoms with Gasteiger partial charge in [-0.2, -0.15) is 0 Å². The normalized spacial score (nSPS) is 17.7. The highest BCUT2D eigenvalue weighted by Crippen LogP contribution is 2.42. The number of Topliss-reactive ketones (excluding diaryl/α,β-unsaturated/α-hetero) is 1. The second-order valence-electron chi connectivity index (χ2n) is 7.65. The van der Waals surface area contributed by atoms with Crippen molar-refractivity contribution in [1.82, 2.24) is 4.90 Å². The molecule has 1 atom stereocenters. The van der Waals surface area contributed by atoms with Crippen molar-refractivity contribution in [3.05, 3.63) is 64.2 Å². The van der Waals surface area contributed by atoms with Crippen molar-refractivity contribution in [2.24, 2.45) is 0 Å². The van der Waals surface area contributed by atoms with Crippen LogP contribution in [-0.2, 0) is 14.3 Å². The molecule has 7 nitrogen and oxygen atoms in total. The van der Waals surface area contributed by atoms with Gasteiger partial charge in [0, 0.05) is 19.2 Å². The minimum atomic E-state index is -0.783. The number of amides is 1. The molecule has 1 aliphatic rings. The Kier molecular flexibility index (Phi) is 7.20. The van der Waals surface area contributed by atoms with Gasteiger partial charge in [0.1, 0.15) is 5.76 Å². The number of rotatable bonds is 8. The van der Waals surface area contributed by atoms with E-state index in [4.69, 9.17) is 14.2 Å². The molecule has 3 rings (SSSR count). The molecule has 0 spiro atoms. The van der Waals surface area contributed by atoms with E-state index in [1.165, 1.54) is 19.1 Å². The van der Waals surface area contributed by atoms with E-state index in [2.05, 4.69) is 0 Å². The van der Waals surface area contributed by atoms with Crippen molar-refractivity contribution in [2.75, 3.05) is 34.0 Å². The highest BCUT2D eigenvalue weighted by atomic mass is 16.5. The van der Waals surface area contributed by atoms with Crippen LogP contribution in [0, 0.1) is 13.8 Å². The van der Waals surface area contributed by atoms with Gasteiger partial charge in [0.2, 0.25) is 0 Å². The number of ether oxygens (including phenoxy) is 3. The molecule has 1 N–H and O–H groups in total. The Hall–Kier alpha value is -3.32. The van der Waals surface area contributed by atoms with Gasteiger partial charge < -0.3 is 24.2 Å². The summed E-state index contributed by atoms with van der Waals surface area (Å²) in [4.78, 5) is 27.5. The van der Waals surface area contributed by atoms with Gasteiger partial charge in [-0.15, -0.1) is 0 Å². The third kappa shape index (κ3) is 4.34. The van der Waals surface area contributed by atoms with Crippen LogP contribution in [0.15, 0.2) is 42.0 Å². The number of ketones is 1. The van der Waals surface area contributed by atoms with Crippen molar-refractivity contribution < 1.29 is 28.9 Å². The largest absolute Gasteiger partial charge is 0.507 e. The zero-order valence-electron chi connectivity index (χ0n) is 19.1. The predicted molar refractivity (Wildman–Crippen MR) is 121 cm³/mol. The molecule has 0 saturated carbocycles. The molecule has 0 aromatic heterocycles. The number of aryl methyl sites for hydroxylation is 2. The second kappa shape index (κ2) is 9.87. The number of aliphatic hydroxyl groups is 1. The van der Waals surface area contributed by atoms with Gasteiger partial charge in [-0.25, -0.2) is 0 Å². The Morgan fingerprint density at radius 3 is 2.47 bits per heavy atom. The summed E-state index contributed by atoms with van der Waals surface area (Å²) in [6.45, 7) is 6.55. The van der Waals surface area contributed by atoms with E-state index >= 15 is 0 Å². The van der Waals surface area contributed by atoms with E-state index < -0.39 is 17.7 Å². The predicted octanol–water partition coefficient (Wildman–Crippen LogP) is 3.78. The number of carbonyl (C=O) groups excluding carboxylic acids is 2. The first-order valence-corrected chi connectivity index (χ1v) is 10.5. The summed E-state index contributed by atoms with van der Waals surface area (Å²) < 4.78 is 16.2. The Labute approximate surface area is 188 Å². The van der Waals surface area contributed by atoms with Crippen molar-refractivity contribution in [3.8, 4) is 11.5 Å². The van der Waals surface area contributed by atoms with Crippen molar-refractivity contribution in [2.45, 2.75) is 26.8 Å². The Morgan fingerprint density at radius 1 is 1.06 bits per heavy atom. The van der Waals surface area contributed by atoms with E-state index in [1.807, 2.05) is 39.0 Å². The summed E-state index contributed by atoms with van der Waals surface area (Å²) in [7, 11) is 3.06. The average Bonchev–Trinajstić information content (AvgIpc) is 3.04. The lowest BCUT2D eigenvalue weighted by atomic mass is 9.93. The fraction of sp³-hybridized carbons (Fsp3) is 0.360. The van der Waals surface area contributed by atoms with Crippen LogP contribution in [0.5, 0.6) is 11.5 Å². The van der Waals surface area contributed by atoms with Crippen molar-refractivity contribution >= 4 is 17.4 Å². The molecule has 1 heterocycles. The monoisotopic (exact) mass is 439 g/mol. The number of likely N-dealkylation sites (tertiary alicyclic amines) is 1. The topological polar surface area (TPSA) is 85.3 Å². The van der Waals surface area contributed by atoms with Crippen LogP contribution in [0.4, 0.5) is 0 Å². The summed E-state index contributed by atoms with van der Waals surface area (Å²) in [6, 6.07) is 10.1. The standard InChI is InChI=1S/C25H29NO6/c1-6-32-19-10-9-17(14-20(19)31-5)22-21(24(28)25(29)26(22)11-12-30-4)23(27)18-13-15(2)7-8-16(18)3/h7-10,13-14,22,27H,6,11-12H2,1-5H3/b23-21-. The lowest BCUT2D eigenvalue weighted by Gasteiger charge is -2.26. The Bertz CT molecular complexity index is 1060. The van der Waals surface area contributed by atoms with Crippen LogP contribution in [0.1, 0.15) is 35.2 Å². The first-order valence-electron chi connectivity index (χ1n) is 10.5. The van der Waals surface area contributed by atoms with Crippen molar-refractivity contribution in [3.63, 3.8) is 0 Å². The zero-order chi connectivity index (χ0) is 23.4. The smallest absolute Gasteiger partial charge is 0.295 e. The molecular formula is C25H29NO6. The summed E-state index contributed by atoms with van der Waals surface area (Å²) >= 11 is 0. The maximum Gasteiger partial charge on any atom is 0.295 e. The van der Waals surface area contributed by atoms with E-state index in [9.17, 15) is 14.7 Å². The highest BCUT2D eigenvalue weighted by Gasteiger charge is 2.46. The van der Waals surface area contributed by atoms with Crippen LogP contribution < -0.4 is 9.47 Å². The summed E-state index contributed by atoms with van der Waals surface area (Å²) in [5.74, 6) is -0.554. The number of hydrogen-bond acceptors (Lipinski definition) is 6. The number of carbonyl (C=O) groups is 2. The molecule has 1 aliphatic heterocycles. The maximum atomic E-state index is 13.1. The zero-order valence-corrected chi connectivity index (χ0v) is 19.1. The SMILES string of the molecule is CCOc1ccc(C2/C(=C(/O)c3cc(C)ccc3C)C(=O)C(=O)N2CCOC)cc1OC. The molecule has 32 heavy (non-hydrogen) atoms. The number of methoxy groups -OCH3 is 2. The van der Waals surface area contributed by atoms with Gasteiger partial charge in [0.05, 0.1) is 31.9 Å². The van der Waals surface area contributed by atoms with Crippen molar-refractivity contribution in [1.29, 1.82) is 0 Å². The molecule has 7 heteroatoms. The minimum Gasteiger partial charge on any atom is -0.507 e. The summed E-state index contributed by atoms with van der Waals surface area (Å²) in [5, 5.41) is 11.2. The number of aliphatic hydroxyl groups excluding tert-OH is 1. The quantitative estimate of drug-likeness (QED) is 0.383.